The van der Waals surface area contributed by atoms with Crippen LogP contribution >= 0.6 is 0 Å². The van der Waals surface area contributed by atoms with Gasteiger partial charge in [-0.3, -0.25) is 9.59 Å². The summed E-state index contributed by atoms with van der Waals surface area (Å²) in [7, 11) is 0. The molecular formula is C16H21NO4. The fraction of sp³-hybridized carbons (Fsp3) is 0.500. The van der Waals surface area contributed by atoms with Crippen LogP contribution in [0.4, 0.5) is 0 Å². The van der Waals surface area contributed by atoms with E-state index in [1.807, 2.05) is 32.0 Å². The number of benzene rings is 1. The van der Waals surface area contributed by atoms with Crippen molar-refractivity contribution in [1.29, 1.82) is 0 Å². The normalized spacial score (nSPS) is 21.4. The Bertz CT molecular complexity index is 549. The molecule has 0 spiro atoms. The topological polar surface area (TPSA) is 66.8 Å². The molecule has 1 heterocycles. The molecule has 0 radical (unpaired) electrons. The van der Waals surface area contributed by atoms with Crippen molar-refractivity contribution in [3.63, 3.8) is 0 Å². The first-order valence-electron chi connectivity index (χ1n) is 7.02. The van der Waals surface area contributed by atoms with Gasteiger partial charge in [0.15, 0.2) is 6.61 Å². The van der Waals surface area contributed by atoms with Gasteiger partial charge in [-0.25, -0.2) is 0 Å². The second-order valence-corrected chi connectivity index (χ2v) is 6.04. The van der Waals surface area contributed by atoms with E-state index in [4.69, 9.17) is 4.74 Å². The maximum absolute atomic E-state index is 12.1. The number of likely N-dealkylation sites (tertiary alicyclic amines) is 1. The zero-order valence-corrected chi connectivity index (χ0v) is 12.7. The molecule has 1 saturated heterocycles. The molecule has 5 nitrogen and oxygen atoms in total. The molecule has 1 aliphatic rings. The smallest absolute Gasteiger partial charge is 0.311 e. The molecular weight excluding hydrogens is 270 g/mol. The van der Waals surface area contributed by atoms with Gasteiger partial charge in [-0.1, -0.05) is 6.07 Å². The zero-order chi connectivity index (χ0) is 15.6. The number of carboxylic acids is 1. The minimum atomic E-state index is -0.854. The number of hydrogen-bond acceptors (Lipinski definition) is 3. The van der Waals surface area contributed by atoms with Crippen LogP contribution in [0.15, 0.2) is 18.2 Å². The van der Waals surface area contributed by atoms with E-state index < -0.39 is 11.4 Å². The number of ether oxygens (including phenoxy) is 1. The van der Waals surface area contributed by atoms with Gasteiger partial charge in [-0.05, 0) is 50.5 Å². The monoisotopic (exact) mass is 291 g/mol. The van der Waals surface area contributed by atoms with Gasteiger partial charge in [-0.2, -0.15) is 0 Å². The van der Waals surface area contributed by atoms with Crippen LogP contribution in [0.5, 0.6) is 5.75 Å². The van der Waals surface area contributed by atoms with Crippen molar-refractivity contribution in [2.24, 2.45) is 5.41 Å². The van der Waals surface area contributed by atoms with Gasteiger partial charge in [0, 0.05) is 13.1 Å². The van der Waals surface area contributed by atoms with Crippen LogP contribution < -0.4 is 4.74 Å². The van der Waals surface area contributed by atoms with Crippen molar-refractivity contribution < 1.29 is 19.4 Å². The molecule has 114 valence electrons. The number of hydrogen-bond donors (Lipinski definition) is 1. The van der Waals surface area contributed by atoms with Gasteiger partial charge in [0.25, 0.3) is 5.91 Å². The van der Waals surface area contributed by atoms with E-state index in [1.165, 1.54) is 0 Å². The molecule has 1 unspecified atom stereocenters. The lowest BCUT2D eigenvalue weighted by molar-refractivity contribution is -0.147. The van der Waals surface area contributed by atoms with Gasteiger partial charge in [0.2, 0.25) is 0 Å². The van der Waals surface area contributed by atoms with Gasteiger partial charge >= 0.3 is 5.97 Å². The van der Waals surface area contributed by atoms with Crippen LogP contribution in [0.3, 0.4) is 0 Å². The first-order valence-corrected chi connectivity index (χ1v) is 7.02. The van der Waals surface area contributed by atoms with Crippen LogP contribution in [-0.4, -0.2) is 41.6 Å². The van der Waals surface area contributed by atoms with Crippen molar-refractivity contribution in [3.8, 4) is 5.75 Å². The highest BCUT2D eigenvalue weighted by Gasteiger charge is 2.42. The van der Waals surface area contributed by atoms with E-state index in [2.05, 4.69) is 0 Å². The fourth-order valence-electron chi connectivity index (χ4n) is 2.60. The summed E-state index contributed by atoms with van der Waals surface area (Å²) >= 11 is 0. The quantitative estimate of drug-likeness (QED) is 0.921. The minimum Gasteiger partial charge on any atom is -0.484 e. The standard InChI is InChI=1S/C16H21NO4/c1-11-6-12(2)8-13(7-11)21-9-14(18)17-5-4-16(3,10-17)15(19)20/h6-8H,4-5,9-10H2,1-3H3,(H,19,20). The van der Waals surface area contributed by atoms with Crippen LogP contribution in [0.2, 0.25) is 0 Å². The van der Waals surface area contributed by atoms with Crippen molar-refractivity contribution in [2.75, 3.05) is 19.7 Å². The van der Waals surface area contributed by atoms with E-state index in [9.17, 15) is 14.7 Å². The number of carboxylic acid groups (broad SMARTS) is 1. The summed E-state index contributed by atoms with van der Waals surface area (Å²) in [6.07, 6.45) is 0.484. The van der Waals surface area contributed by atoms with Gasteiger partial charge < -0.3 is 14.7 Å². The van der Waals surface area contributed by atoms with Crippen molar-refractivity contribution in [3.05, 3.63) is 29.3 Å². The zero-order valence-electron chi connectivity index (χ0n) is 12.7. The van der Waals surface area contributed by atoms with Crippen molar-refractivity contribution >= 4 is 11.9 Å². The van der Waals surface area contributed by atoms with Gasteiger partial charge in [-0.15, -0.1) is 0 Å². The summed E-state index contributed by atoms with van der Waals surface area (Å²) in [5, 5.41) is 9.17. The highest BCUT2D eigenvalue weighted by molar-refractivity contribution is 5.81. The molecule has 1 N–H and O–H groups in total. The number of rotatable bonds is 4. The predicted molar refractivity (Wildman–Crippen MR) is 78.4 cm³/mol. The third kappa shape index (κ3) is 3.54. The summed E-state index contributed by atoms with van der Waals surface area (Å²) < 4.78 is 5.53. The molecule has 0 bridgehead atoms. The molecule has 21 heavy (non-hydrogen) atoms. The maximum Gasteiger partial charge on any atom is 0.311 e. The molecule has 0 aliphatic carbocycles. The Hall–Kier alpha value is -2.04. The van der Waals surface area contributed by atoms with Crippen LogP contribution in [0, 0.1) is 19.3 Å². The summed E-state index contributed by atoms with van der Waals surface area (Å²) in [4.78, 5) is 24.8. The lowest BCUT2D eigenvalue weighted by Crippen LogP contribution is -2.37. The van der Waals surface area contributed by atoms with Crippen LogP contribution in [0.1, 0.15) is 24.5 Å². The van der Waals surface area contributed by atoms with E-state index in [0.717, 1.165) is 11.1 Å². The largest absolute Gasteiger partial charge is 0.484 e. The predicted octanol–water partition coefficient (Wildman–Crippen LogP) is 2.01. The Kier molecular flexibility index (Phi) is 4.21. The minimum absolute atomic E-state index is 0.0570. The Labute approximate surface area is 124 Å². The lowest BCUT2D eigenvalue weighted by atomic mass is 9.90. The molecule has 1 aromatic carbocycles. The fourth-order valence-corrected chi connectivity index (χ4v) is 2.60. The summed E-state index contributed by atoms with van der Waals surface area (Å²) in [6.45, 7) is 6.28. The molecule has 1 amide bonds. The molecule has 5 heteroatoms. The number of aliphatic carboxylic acids is 1. The number of nitrogens with zero attached hydrogens (tertiary/aromatic N) is 1. The summed E-state index contributed by atoms with van der Waals surface area (Å²) in [6, 6.07) is 5.80. The highest BCUT2D eigenvalue weighted by atomic mass is 16.5. The van der Waals surface area contributed by atoms with E-state index in [1.54, 1.807) is 11.8 Å². The molecule has 0 saturated carbocycles. The Morgan fingerprint density at radius 1 is 1.29 bits per heavy atom. The Morgan fingerprint density at radius 2 is 1.90 bits per heavy atom. The average Bonchev–Trinajstić information content (AvgIpc) is 2.79. The van der Waals surface area contributed by atoms with E-state index in [0.29, 0.717) is 18.7 Å². The highest BCUT2D eigenvalue weighted by Crippen LogP contribution is 2.30. The summed E-state index contributed by atoms with van der Waals surface area (Å²) in [5.74, 6) is -0.354. The Morgan fingerprint density at radius 3 is 2.43 bits per heavy atom. The lowest BCUT2D eigenvalue weighted by Gasteiger charge is -2.20. The molecule has 1 atom stereocenters. The van der Waals surface area contributed by atoms with Crippen LogP contribution in [-0.2, 0) is 9.59 Å². The number of amides is 1. The van der Waals surface area contributed by atoms with Crippen LogP contribution in [0.25, 0.3) is 0 Å². The molecule has 1 aliphatic heterocycles. The number of aryl methyl sites for hydroxylation is 2. The Balaban J connectivity index is 1.92. The second kappa shape index (κ2) is 5.76. The van der Waals surface area contributed by atoms with Gasteiger partial charge in [0.1, 0.15) is 5.75 Å². The maximum atomic E-state index is 12.1. The molecule has 1 fully saturated rings. The average molecular weight is 291 g/mol. The third-order valence-corrected chi connectivity index (χ3v) is 3.90. The third-order valence-electron chi connectivity index (χ3n) is 3.90. The second-order valence-electron chi connectivity index (χ2n) is 6.04. The first kappa shape index (κ1) is 15.4. The summed E-state index contributed by atoms with van der Waals surface area (Å²) in [5.41, 5.74) is 1.32. The van der Waals surface area contributed by atoms with E-state index >= 15 is 0 Å². The van der Waals surface area contributed by atoms with Gasteiger partial charge in [0.05, 0.1) is 5.41 Å². The SMILES string of the molecule is Cc1cc(C)cc(OCC(=O)N2CCC(C)(C(=O)O)C2)c1. The first-order chi connectivity index (χ1) is 9.80. The van der Waals surface area contributed by atoms with Crippen molar-refractivity contribution in [2.45, 2.75) is 27.2 Å². The number of carbonyl (C=O) groups is 2. The van der Waals surface area contributed by atoms with Crippen molar-refractivity contribution in [1.82, 2.24) is 4.90 Å². The molecule has 0 aromatic heterocycles. The van der Waals surface area contributed by atoms with E-state index in [-0.39, 0.29) is 19.1 Å². The number of carbonyl (C=O) groups excluding carboxylic acids is 1. The molecule has 2 rings (SSSR count). The molecule has 1 aromatic rings.